The average molecular weight is 363 g/mol. The van der Waals surface area contributed by atoms with Crippen LogP contribution in [0.2, 0.25) is 0 Å². The van der Waals surface area contributed by atoms with E-state index in [4.69, 9.17) is 25.6 Å². The van der Waals surface area contributed by atoms with Crippen molar-refractivity contribution in [3.63, 3.8) is 0 Å². The van der Waals surface area contributed by atoms with Crippen LogP contribution < -0.4 is 10.1 Å². The third-order valence-electron chi connectivity index (χ3n) is 3.73. The molecule has 0 saturated carbocycles. The van der Waals surface area contributed by atoms with E-state index in [-0.39, 0.29) is 5.78 Å². The van der Waals surface area contributed by atoms with Gasteiger partial charge in [0.2, 0.25) is 6.49 Å². The standard InChI is InChI=1S/C18H22NO3PS/c1-2-20-17-11-9-15(10-12-17)18(19-16-7-4-3-5-8-16)23(24)21-13-6-14-22-23/h3-5,7-12,18-19H,2,6,13-14H2,1H3. The molecule has 1 aliphatic rings. The van der Waals surface area contributed by atoms with Crippen LogP contribution in [-0.4, -0.2) is 19.8 Å². The summed E-state index contributed by atoms with van der Waals surface area (Å²) < 4.78 is 17.4. The second-order valence-electron chi connectivity index (χ2n) is 5.47. The third kappa shape index (κ3) is 4.17. The summed E-state index contributed by atoms with van der Waals surface area (Å²) in [5.74, 6) is 0.660. The third-order valence-corrected chi connectivity index (χ3v) is 7.14. The fraction of sp³-hybridized carbons (Fsp3) is 0.333. The second-order valence-corrected chi connectivity index (χ2v) is 9.11. The number of rotatable bonds is 6. The van der Waals surface area contributed by atoms with Gasteiger partial charge in [-0.25, -0.2) is 0 Å². The van der Waals surface area contributed by atoms with Gasteiger partial charge in [0.05, 0.1) is 19.8 Å². The molecule has 1 aliphatic heterocycles. The number of benzene rings is 2. The van der Waals surface area contributed by atoms with Gasteiger partial charge in [0.15, 0.2) is 0 Å². The molecule has 4 nitrogen and oxygen atoms in total. The molecular weight excluding hydrogens is 341 g/mol. The summed E-state index contributed by atoms with van der Waals surface area (Å²) in [5, 5.41) is 3.51. The van der Waals surface area contributed by atoms with Gasteiger partial charge in [-0.1, -0.05) is 30.3 Å². The molecule has 128 valence electrons. The Morgan fingerprint density at radius 2 is 1.75 bits per heavy atom. The van der Waals surface area contributed by atoms with Crippen LogP contribution in [0, 0.1) is 0 Å². The van der Waals surface area contributed by atoms with Crippen LogP contribution in [0.1, 0.15) is 24.7 Å². The molecule has 0 amide bonds. The Morgan fingerprint density at radius 3 is 2.38 bits per heavy atom. The van der Waals surface area contributed by atoms with E-state index >= 15 is 0 Å². The van der Waals surface area contributed by atoms with Crippen LogP contribution in [-0.2, 0) is 20.9 Å². The fourth-order valence-electron chi connectivity index (χ4n) is 2.58. The summed E-state index contributed by atoms with van der Waals surface area (Å²) in [7, 11) is 0. The average Bonchev–Trinajstić information content (AvgIpc) is 2.62. The summed E-state index contributed by atoms with van der Waals surface area (Å²) in [4.78, 5) is 0. The maximum absolute atomic E-state index is 5.94. The zero-order valence-corrected chi connectivity index (χ0v) is 15.4. The minimum atomic E-state index is -2.46. The smallest absolute Gasteiger partial charge is 0.215 e. The topological polar surface area (TPSA) is 39.7 Å². The lowest BCUT2D eigenvalue weighted by atomic mass is 10.2. The van der Waals surface area contributed by atoms with Crippen molar-refractivity contribution in [2.24, 2.45) is 0 Å². The lowest BCUT2D eigenvalue weighted by molar-refractivity contribution is 0.175. The van der Waals surface area contributed by atoms with Crippen molar-refractivity contribution >= 4 is 24.0 Å². The van der Waals surface area contributed by atoms with Crippen molar-refractivity contribution in [3.05, 3.63) is 60.2 Å². The molecule has 2 aromatic rings. The molecule has 1 N–H and O–H groups in total. The van der Waals surface area contributed by atoms with Gasteiger partial charge in [-0.05, 0) is 55.0 Å². The van der Waals surface area contributed by atoms with E-state index in [2.05, 4.69) is 5.32 Å². The molecule has 1 heterocycles. The van der Waals surface area contributed by atoms with Crippen molar-refractivity contribution in [3.8, 4) is 5.75 Å². The van der Waals surface area contributed by atoms with Crippen LogP contribution in [0.4, 0.5) is 5.69 Å². The monoisotopic (exact) mass is 363 g/mol. The maximum atomic E-state index is 5.94. The van der Waals surface area contributed by atoms with Crippen molar-refractivity contribution in [1.82, 2.24) is 0 Å². The molecule has 0 bridgehead atoms. The van der Waals surface area contributed by atoms with E-state index in [1.165, 1.54) is 0 Å². The second kappa shape index (κ2) is 8.13. The SMILES string of the molecule is CCOc1ccc(C(Nc2ccccc2)P2(=S)OCCCO2)cc1. The molecule has 0 spiro atoms. The van der Waals surface area contributed by atoms with Gasteiger partial charge < -0.3 is 19.1 Å². The summed E-state index contributed by atoms with van der Waals surface area (Å²) in [5.41, 5.74) is 2.05. The molecule has 3 rings (SSSR count). The molecule has 1 fully saturated rings. The summed E-state index contributed by atoms with van der Waals surface area (Å²) in [6.45, 7) is 1.47. The van der Waals surface area contributed by atoms with Crippen molar-refractivity contribution in [1.29, 1.82) is 0 Å². The molecule has 6 heteroatoms. The molecule has 0 aliphatic carbocycles. The lowest BCUT2D eigenvalue weighted by Crippen LogP contribution is -2.19. The quantitative estimate of drug-likeness (QED) is 0.736. The predicted octanol–water partition coefficient (Wildman–Crippen LogP) is 4.94. The maximum Gasteiger partial charge on any atom is 0.215 e. The van der Waals surface area contributed by atoms with Crippen molar-refractivity contribution in [2.45, 2.75) is 19.1 Å². The van der Waals surface area contributed by atoms with Crippen LogP contribution in [0.5, 0.6) is 5.75 Å². The molecule has 2 aromatic carbocycles. The Kier molecular flexibility index (Phi) is 5.90. The Balaban J connectivity index is 1.90. The summed E-state index contributed by atoms with van der Waals surface area (Å²) >= 11 is 5.81. The summed E-state index contributed by atoms with van der Waals surface area (Å²) in [6.07, 6.45) is 0.889. The number of nitrogens with one attached hydrogen (secondary N) is 1. The Morgan fingerprint density at radius 1 is 1.08 bits per heavy atom. The van der Waals surface area contributed by atoms with Crippen LogP contribution >= 0.6 is 6.49 Å². The number of ether oxygens (including phenoxy) is 1. The van der Waals surface area contributed by atoms with Crippen molar-refractivity contribution in [2.75, 3.05) is 25.1 Å². The highest BCUT2D eigenvalue weighted by molar-refractivity contribution is 8.10. The van der Waals surface area contributed by atoms with E-state index in [1.54, 1.807) is 0 Å². The van der Waals surface area contributed by atoms with Crippen molar-refractivity contribution < 1.29 is 13.8 Å². The van der Waals surface area contributed by atoms with Crippen LogP contribution in [0.15, 0.2) is 54.6 Å². The van der Waals surface area contributed by atoms with Gasteiger partial charge in [0.25, 0.3) is 0 Å². The molecule has 24 heavy (non-hydrogen) atoms. The largest absolute Gasteiger partial charge is 0.494 e. The minimum Gasteiger partial charge on any atom is -0.494 e. The zero-order chi connectivity index (χ0) is 16.8. The molecule has 0 radical (unpaired) electrons. The molecular formula is C18H22NO3PS. The lowest BCUT2D eigenvalue weighted by Gasteiger charge is -2.34. The normalized spacial score (nSPS) is 17.9. The Bertz CT molecular complexity index is 683. The first-order valence-corrected chi connectivity index (χ1v) is 10.8. The molecule has 1 saturated heterocycles. The number of para-hydroxylation sites is 1. The highest BCUT2D eigenvalue weighted by atomic mass is 32.5. The molecule has 0 aromatic heterocycles. The number of hydrogen-bond acceptors (Lipinski definition) is 5. The van der Waals surface area contributed by atoms with E-state index in [9.17, 15) is 0 Å². The zero-order valence-electron chi connectivity index (χ0n) is 13.7. The van der Waals surface area contributed by atoms with Gasteiger partial charge in [0, 0.05) is 5.69 Å². The van der Waals surface area contributed by atoms with Crippen LogP contribution in [0.25, 0.3) is 0 Å². The van der Waals surface area contributed by atoms with Gasteiger partial charge in [0.1, 0.15) is 11.5 Å². The first-order valence-electron chi connectivity index (χ1n) is 8.14. The van der Waals surface area contributed by atoms with Crippen LogP contribution in [0.3, 0.4) is 0 Å². The first-order chi connectivity index (χ1) is 11.7. The number of anilines is 1. The van der Waals surface area contributed by atoms with Gasteiger partial charge in [-0.15, -0.1) is 0 Å². The van der Waals surface area contributed by atoms with E-state index in [1.807, 2.05) is 61.5 Å². The van der Waals surface area contributed by atoms with E-state index < -0.39 is 6.49 Å². The highest BCUT2D eigenvalue weighted by Crippen LogP contribution is 2.62. The highest BCUT2D eigenvalue weighted by Gasteiger charge is 2.34. The fourth-order valence-corrected chi connectivity index (χ4v) is 5.53. The van der Waals surface area contributed by atoms with Gasteiger partial charge >= 0.3 is 0 Å². The molecule has 1 atom stereocenters. The molecule has 1 unspecified atom stereocenters. The minimum absolute atomic E-state index is 0.189. The Hall–Kier alpha value is -1.39. The van der Waals surface area contributed by atoms with E-state index in [0.717, 1.165) is 23.4 Å². The summed E-state index contributed by atoms with van der Waals surface area (Å²) in [6, 6.07) is 18.0. The first kappa shape index (κ1) is 17.4. The van der Waals surface area contributed by atoms with E-state index in [0.29, 0.717) is 19.8 Å². The Labute approximate surface area is 148 Å². The van der Waals surface area contributed by atoms with Gasteiger partial charge in [-0.3, -0.25) is 0 Å². The predicted molar refractivity (Wildman–Crippen MR) is 101 cm³/mol. The number of hydrogen-bond donors (Lipinski definition) is 1. The van der Waals surface area contributed by atoms with Gasteiger partial charge in [-0.2, -0.15) is 0 Å².